The molecule has 146 valence electrons. The Bertz CT molecular complexity index is 716. The molecule has 27 heavy (non-hydrogen) atoms. The Labute approximate surface area is 160 Å². The normalized spacial score (nSPS) is 28.3. The third kappa shape index (κ3) is 3.81. The third-order valence-corrected chi connectivity index (χ3v) is 6.08. The Kier molecular flexibility index (Phi) is 5.08. The summed E-state index contributed by atoms with van der Waals surface area (Å²) in [6.07, 6.45) is 3.77. The van der Waals surface area contributed by atoms with Gasteiger partial charge in [-0.15, -0.1) is 0 Å². The molecular formula is C21H29N3O3. The largest absolute Gasteiger partial charge is 0.483 e. The highest BCUT2D eigenvalue weighted by Crippen LogP contribution is 2.35. The number of hydrogen-bond acceptors (Lipinski definition) is 4. The maximum Gasteiger partial charge on any atom is 0.227 e. The van der Waals surface area contributed by atoms with Crippen molar-refractivity contribution < 1.29 is 14.3 Å². The molecule has 1 aromatic rings. The lowest BCUT2D eigenvalue weighted by Gasteiger charge is -2.44. The van der Waals surface area contributed by atoms with E-state index in [9.17, 15) is 9.59 Å². The summed E-state index contributed by atoms with van der Waals surface area (Å²) in [5, 5.41) is 3.34. The number of carbonyl (C=O) groups is 2. The van der Waals surface area contributed by atoms with E-state index in [1.54, 1.807) is 6.92 Å². The molecule has 3 aliphatic rings. The Hall–Kier alpha value is -2.08. The molecule has 4 rings (SSSR count). The van der Waals surface area contributed by atoms with Gasteiger partial charge in [-0.05, 0) is 38.3 Å². The van der Waals surface area contributed by atoms with Gasteiger partial charge in [0.1, 0.15) is 11.4 Å². The summed E-state index contributed by atoms with van der Waals surface area (Å²) < 4.78 is 6.53. The molecule has 6 nitrogen and oxygen atoms in total. The van der Waals surface area contributed by atoms with Crippen LogP contribution < -0.4 is 10.1 Å². The predicted octanol–water partition coefficient (Wildman–Crippen LogP) is 1.79. The Morgan fingerprint density at radius 1 is 1.19 bits per heavy atom. The summed E-state index contributed by atoms with van der Waals surface area (Å²) in [7, 11) is 0. The molecular weight excluding hydrogens is 342 g/mol. The molecule has 1 aromatic carbocycles. The van der Waals surface area contributed by atoms with Crippen LogP contribution in [0.1, 0.15) is 38.2 Å². The Morgan fingerprint density at radius 3 is 2.78 bits per heavy atom. The van der Waals surface area contributed by atoms with Crippen molar-refractivity contribution in [3.63, 3.8) is 0 Å². The van der Waals surface area contributed by atoms with Gasteiger partial charge in [-0.25, -0.2) is 0 Å². The van der Waals surface area contributed by atoms with E-state index in [2.05, 4.69) is 5.32 Å². The number of rotatable bonds is 1. The number of likely N-dealkylation sites (tertiary alicyclic amines) is 1. The van der Waals surface area contributed by atoms with Crippen LogP contribution in [0.15, 0.2) is 24.3 Å². The standard InChI is InChI=1S/C21H29N3O3/c1-16(25)24-13-18-6-2-3-8-19(18)27-21(15-24)9-5-11-23(14-21)20(26)17-7-4-10-22-12-17/h2-3,6,8,17,22H,4-5,7,9-15H2,1H3/t17-,21-/m1/s1. The highest BCUT2D eigenvalue weighted by atomic mass is 16.5. The number of carbonyl (C=O) groups excluding carboxylic acids is 2. The zero-order chi connectivity index (χ0) is 18.9. The predicted molar refractivity (Wildman–Crippen MR) is 102 cm³/mol. The van der Waals surface area contributed by atoms with Gasteiger partial charge in [-0.1, -0.05) is 18.2 Å². The summed E-state index contributed by atoms with van der Waals surface area (Å²) in [6, 6.07) is 7.94. The summed E-state index contributed by atoms with van der Waals surface area (Å²) in [4.78, 5) is 29.2. The minimum absolute atomic E-state index is 0.0506. The van der Waals surface area contributed by atoms with E-state index in [-0.39, 0.29) is 17.7 Å². The van der Waals surface area contributed by atoms with Gasteiger partial charge in [-0.2, -0.15) is 0 Å². The third-order valence-electron chi connectivity index (χ3n) is 6.08. The first-order chi connectivity index (χ1) is 13.1. The number of benzene rings is 1. The summed E-state index contributed by atoms with van der Waals surface area (Å²) in [5.41, 5.74) is 0.512. The van der Waals surface area contributed by atoms with Gasteiger partial charge in [0.05, 0.1) is 19.0 Å². The van der Waals surface area contributed by atoms with Gasteiger partial charge in [-0.3, -0.25) is 9.59 Å². The van der Waals surface area contributed by atoms with Crippen molar-refractivity contribution in [2.45, 2.75) is 44.8 Å². The van der Waals surface area contributed by atoms with Crippen LogP contribution in [0, 0.1) is 5.92 Å². The molecule has 2 atom stereocenters. The topological polar surface area (TPSA) is 61.9 Å². The molecule has 0 bridgehead atoms. The van der Waals surface area contributed by atoms with E-state index >= 15 is 0 Å². The van der Waals surface area contributed by atoms with E-state index < -0.39 is 5.60 Å². The fourth-order valence-electron chi connectivity index (χ4n) is 4.65. The molecule has 1 N–H and O–H groups in total. The van der Waals surface area contributed by atoms with Crippen LogP contribution in [0.3, 0.4) is 0 Å². The maximum atomic E-state index is 13.1. The zero-order valence-electron chi connectivity index (χ0n) is 16.1. The van der Waals surface area contributed by atoms with Crippen molar-refractivity contribution in [2.75, 3.05) is 32.7 Å². The van der Waals surface area contributed by atoms with Crippen molar-refractivity contribution in [2.24, 2.45) is 5.92 Å². The van der Waals surface area contributed by atoms with Crippen LogP contribution >= 0.6 is 0 Å². The first-order valence-corrected chi connectivity index (χ1v) is 10.1. The van der Waals surface area contributed by atoms with Crippen LogP contribution in [0.4, 0.5) is 0 Å². The van der Waals surface area contributed by atoms with Crippen molar-refractivity contribution in [3.05, 3.63) is 29.8 Å². The molecule has 6 heteroatoms. The van der Waals surface area contributed by atoms with E-state index in [0.717, 1.165) is 56.6 Å². The number of nitrogens with one attached hydrogen (secondary N) is 1. The lowest BCUT2D eigenvalue weighted by Crippen LogP contribution is -2.59. The van der Waals surface area contributed by atoms with Crippen molar-refractivity contribution in [1.29, 1.82) is 0 Å². The SMILES string of the molecule is CC(=O)N1Cc2ccccc2O[C@@]2(CCCN(C(=O)[C@@H]3CCCNC3)C2)C1. The monoisotopic (exact) mass is 371 g/mol. The number of ether oxygens (including phenoxy) is 1. The smallest absolute Gasteiger partial charge is 0.227 e. The average Bonchev–Trinajstić information content (AvgIpc) is 2.84. The van der Waals surface area contributed by atoms with Crippen LogP contribution in [-0.4, -0.2) is 59.9 Å². The van der Waals surface area contributed by atoms with E-state index in [1.807, 2.05) is 34.1 Å². The average molecular weight is 371 g/mol. The van der Waals surface area contributed by atoms with Gasteiger partial charge in [0.15, 0.2) is 0 Å². The number of fused-ring (bicyclic) bond motifs is 1. The van der Waals surface area contributed by atoms with Gasteiger partial charge in [0, 0.05) is 32.1 Å². The van der Waals surface area contributed by atoms with E-state index in [1.165, 1.54) is 0 Å². The van der Waals surface area contributed by atoms with Crippen LogP contribution in [-0.2, 0) is 16.1 Å². The van der Waals surface area contributed by atoms with Crippen molar-refractivity contribution in [3.8, 4) is 5.75 Å². The fourth-order valence-corrected chi connectivity index (χ4v) is 4.65. The molecule has 0 radical (unpaired) electrons. The van der Waals surface area contributed by atoms with Crippen molar-refractivity contribution >= 4 is 11.8 Å². The molecule has 0 aromatic heterocycles. The van der Waals surface area contributed by atoms with Gasteiger partial charge < -0.3 is 19.9 Å². The molecule has 1 spiro atoms. The van der Waals surface area contributed by atoms with E-state index in [4.69, 9.17) is 4.74 Å². The fraction of sp³-hybridized carbons (Fsp3) is 0.619. The molecule has 2 saturated heterocycles. The molecule has 0 unspecified atom stereocenters. The second-order valence-electron chi connectivity index (χ2n) is 8.17. The number of para-hydroxylation sites is 1. The number of nitrogens with zero attached hydrogens (tertiary/aromatic N) is 2. The Morgan fingerprint density at radius 2 is 2.00 bits per heavy atom. The molecule has 3 aliphatic heterocycles. The molecule has 2 fully saturated rings. The second kappa shape index (κ2) is 7.50. The summed E-state index contributed by atoms with van der Waals surface area (Å²) >= 11 is 0. The maximum absolute atomic E-state index is 13.1. The quantitative estimate of drug-likeness (QED) is 0.818. The molecule has 0 aliphatic carbocycles. The summed E-state index contributed by atoms with van der Waals surface area (Å²) in [6.45, 7) is 5.81. The first kappa shape index (κ1) is 18.3. The highest BCUT2D eigenvalue weighted by molar-refractivity contribution is 5.79. The number of hydrogen-bond donors (Lipinski definition) is 1. The minimum atomic E-state index is -0.520. The highest BCUT2D eigenvalue weighted by Gasteiger charge is 2.44. The molecule has 3 heterocycles. The Balaban J connectivity index is 1.58. The molecule has 0 saturated carbocycles. The number of amides is 2. The zero-order valence-corrected chi connectivity index (χ0v) is 16.1. The van der Waals surface area contributed by atoms with Gasteiger partial charge in [0.25, 0.3) is 0 Å². The lowest BCUT2D eigenvalue weighted by molar-refractivity contribution is -0.144. The van der Waals surface area contributed by atoms with Gasteiger partial charge in [0.2, 0.25) is 11.8 Å². The first-order valence-electron chi connectivity index (χ1n) is 10.1. The minimum Gasteiger partial charge on any atom is -0.483 e. The lowest BCUT2D eigenvalue weighted by atomic mass is 9.89. The van der Waals surface area contributed by atoms with E-state index in [0.29, 0.717) is 19.6 Å². The van der Waals surface area contributed by atoms with Gasteiger partial charge >= 0.3 is 0 Å². The van der Waals surface area contributed by atoms with Crippen LogP contribution in [0.5, 0.6) is 5.75 Å². The van der Waals surface area contributed by atoms with Crippen LogP contribution in [0.25, 0.3) is 0 Å². The number of piperidine rings is 2. The molecule has 2 amide bonds. The van der Waals surface area contributed by atoms with Crippen LogP contribution in [0.2, 0.25) is 0 Å². The summed E-state index contributed by atoms with van der Waals surface area (Å²) in [5.74, 6) is 1.19. The van der Waals surface area contributed by atoms with Crippen molar-refractivity contribution in [1.82, 2.24) is 15.1 Å². The second-order valence-corrected chi connectivity index (χ2v) is 8.17.